The van der Waals surface area contributed by atoms with Crippen LogP contribution in [0, 0.1) is 0 Å². The third-order valence-electron chi connectivity index (χ3n) is 2.18. The number of carbonyl (C=O) groups is 1. The first-order valence-corrected chi connectivity index (χ1v) is 4.93. The van der Waals surface area contributed by atoms with Gasteiger partial charge in [0.1, 0.15) is 0 Å². The maximum atomic E-state index is 11.3. The Kier molecular flexibility index (Phi) is 2.66. The Morgan fingerprint density at radius 3 is 2.88 bits per heavy atom. The SMILES string of the molecule is COC(=O)c1cc(Cl)c2cc(N)ccc2n1. The lowest BCUT2D eigenvalue weighted by Crippen LogP contribution is -2.04. The summed E-state index contributed by atoms with van der Waals surface area (Å²) < 4.78 is 4.58. The van der Waals surface area contributed by atoms with Gasteiger partial charge in [0.05, 0.1) is 17.6 Å². The molecule has 2 aromatic rings. The number of carbonyl (C=O) groups excluding carboxylic acids is 1. The molecule has 0 spiro atoms. The molecule has 0 unspecified atom stereocenters. The first-order valence-electron chi connectivity index (χ1n) is 4.56. The lowest BCUT2D eigenvalue weighted by molar-refractivity contribution is 0.0594. The van der Waals surface area contributed by atoms with Crippen LogP contribution in [0.25, 0.3) is 10.9 Å². The number of esters is 1. The number of nitrogens with two attached hydrogens (primary N) is 1. The number of methoxy groups -OCH3 is 1. The molecule has 0 bridgehead atoms. The van der Waals surface area contributed by atoms with Crippen LogP contribution in [0.2, 0.25) is 5.02 Å². The molecule has 0 amide bonds. The molecule has 16 heavy (non-hydrogen) atoms. The summed E-state index contributed by atoms with van der Waals surface area (Å²) in [5, 5.41) is 1.15. The lowest BCUT2D eigenvalue weighted by Gasteiger charge is -2.04. The lowest BCUT2D eigenvalue weighted by atomic mass is 10.2. The van der Waals surface area contributed by atoms with Crippen molar-refractivity contribution < 1.29 is 9.53 Å². The Bertz CT molecular complexity index is 569. The highest BCUT2D eigenvalue weighted by Crippen LogP contribution is 2.25. The number of halogens is 1. The number of hydrogen-bond donors (Lipinski definition) is 1. The second-order valence-electron chi connectivity index (χ2n) is 3.26. The number of pyridine rings is 1. The minimum Gasteiger partial charge on any atom is -0.464 e. The molecule has 2 N–H and O–H groups in total. The van der Waals surface area contributed by atoms with Gasteiger partial charge in [0.25, 0.3) is 0 Å². The number of aromatic nitrogens is 1. The predicted octanol–water partition coefficient (Wildman–Crippen LogP) is 2.26. The number of nitrogens with zero attached hydrogens (tertiary/aromatic N) is 1. The van der Waals surface area contributed by atoms with Crippen LogP contribution in [-0.2, 0) is 4.74 Å². The summed E-state index contributed by atoms with van der Waals surface area (Å²) >= 11 is 6.03. The van der Waals surface area contributed by atoms with E-state index in [1.807, 2.05) is 0 Å². The van der Waals surface area contributed by atoms with E-state index in [-0.39, 0.29) is 5.69 Å². The van der Waals surface area contributed by atoms with Crippen LogP contribution in [0.1, 0.15) is 10.5 Å². The largest absolute Gasteiger partial charge is 0.464 e. The Morgan fingerprint density at radius 2 is 2.19 bits per heavy atom. The number of ether oxygens (including phenoxy) is 1. The Labute approximate surface area is 97.0 Å². The molecule has 0 aliphatic rings. The third kappa shape index (κ3) is 1.79. The van der Waals surface area contributed by atoms with Gasteiger partial charge >= 0.3 is 5.97 Å². The van der Waals surface area contributed by atoms with Crippen LogP contribution in [0.15, 0.2) is 24.3 Å². The van der Waals surface area contributed by atoms with Crippen molar-refractivity contribution in [2.75, 3.05) is 12.8 Å². The highest BCUT2D eigenvalue weighted by atomic mass is 35.5. The van der Waals surface area contributed by atoms with E-state index < -0.39 is 5.97 Å². The molecule has 0 saturated carbocycles. The number of rotatable bonds is 1. The van der Waals surface area contributed by atoms with E-state index in [4.69, 9.17) is 17.3 Å². The second kappa shape index (κ2) is 3.98. The fourth-order valence-electron chi connectivity index (χ4n) is 1.41. The molecule has 5 heteroatoms. The predicted molar refractivity (Wildman–Crippen MR) is 62.5 cm³/mol. The molecule has 0 saturated heterocycles. The minimum absolute atomic E-state index is 0.185. The maximum Gasteiger partial charge on any atom is 0.356 e. The summed E-state index contributed by atoms with van der Waals surface area (Å²) in [7, 11) is 1.30. The van der Waals surface area contributed by atoms with Gasteiger partial charge in [-0.15, -0.1) is 0 Å². The van der Waals surface area contributed by atoms with E-state index in [0.29, 0.717) is 21.6 Å². The normalized spacial score (nSPS) is 10.4. The van der Waals surface area contributed by atoms with Crippen LogP contribution in [-0.4, -0.2) is 18.1 Å². The van der Waals surface area contributed by atoms with Crippen LogP contribution >= 0.6 is 11.6 Å². The molecule has 4 nitrogen and oxygen atoms in total. The standard InChI is InChI=1S/C11H9ClN2O2/c1-16-11(15)10-5-8(12)7-4-6(13)2-3-9(7)14-10/h2-5H,13H2,1H3. The van der Waals surface area contributed by atoms with Crippen LogP contribution in [0.4, 0.5) is 5.69 Å². The Hall–Kier alpha value is -1.81. The molecule has 0 radical (unpaired) electrons. The van der Waals surface area contributed by atoms with Crippen molar-refractivity contribution in [1.29, 1.82) is 0 Å². The zero-order chi connectivity index (χ0) is 11.7. The zero-order valence-electron chi connectivity index (χ0n) is 8.53. The minimum atomic E-state index is -0.513. The van der Waals surface area contributed by atoms with Crippen molar-refractivity contribution in [1.82, 2.24) is 4.98 Å². The first kappa shape index (κ1) is 10.7. The van der Waals surface area contributed by atoms with E-state index in [1.165, 1.54) is 13.2 Å². The van der Waals surface area contributed by atoms with Gasteiger partial charge in [-0.2, -0.15) is 0 Å². The fourth-order valence-corrected chi connectivity index (χ4v) is 1.67. The van der Waals surface area contributed by atoms with Gasteiger partial charge in [0.2, 0.25) is 0 Å². The maximum absolute atomic E-state index is 11.3. The molecule has 0 fully saturated rings. The van der Waals surface area contributed by atoms with Gasteiger partial charge in [-0.1, -0.05) is 11.6 Å². The quantitative estimate of drug-likeness (QED) is 0.609. The summed E-state index contributed by atoms with van der Waals surface area (Å²) in [4.78, 5) is 15.4. The zero-order valence-corrected chi connectivity index (χ0v) is 9.28. The van der Waals surface area contributed by atoms with Gasteiger partial charge in [-0.05, 0) is 24.3 Å². The van der Waals surface area contributed by atoms with Crippen molar-refractivity contribution in [2.45, 2.75) is 0 Å². The fraction of sp³-hybridized carbons (Fsp3) is 0.0909. The highest BCUT2D eigenvalue weighted by molar-refractivity contribution is 6.35. The first-order chi connectivity index (χ1) is 7.61. The van der Waals surface area contributed by atoms with Crippen molar-refractivity contribution in [3.05, 3.63) is 35.0 Å². The van der Waals surface area contributed by atoms with Crippen LogP contribution < -0.4 is 5.73 Å². The summed E-state index contributed by atoms with van der Waals surface area (Å²) in [6.45, 7) is 0. The molecular weight excluding hydrogens is 228 g/mol. The average Bonchev–Trinajstić information content (AvgIpc) is 2.28. The summed E-state index contributed by atoms with van der Waals surface area (Å²) in [5.74, 6) is -0.513. The summed E-state index contributed by atoms with van der Waals surface area (Å²) in [5.41, 5.74) is 7.04. The van der Waals surface area contributed by atoms with Crippen molar-refractivity contribution in [3.63, 3.8) is 0 Å². The van der Waals surface area contributed by atoms with E-state index in [1.54, 1.807) is 18.2 Å². The second-order valence-corrected chi connectivity index (χ2v) is 3.66. The van der Waals surface area contributed by atoms with Gasteiger partial charge in [0.15, 0.2) is 5.69 Å². The van der Waals surface area contributed by atoms with E-state index in [9.17, 15) is 4.79 Å². The van der Waals surface area contributed by atoms with Gasteiger partial charge in [0, 0.05) is 11.1 Å². The van der Waals surface area contributed by atoms with Crippen molar-refractivity contribution >= 4 is 34.2 Å². The van der Waals surface area contributed by atoms with E-state index in [0.717, 1.165) is 0 Å². The number of nitrogen functional groups attached to an aromatic ring is 1. The Balaban J connectivity index is 2.68. The van der Waals surface area contributed by atoms with Gasteiger partial charge in [-0.25, -0.2) is 9.78 Å². The van der Waals surface area contributed by atoms with E-state index >= 15 is 0 Å². The van der Waals surface area contributed by atoms with E-state index in [2.05, 4.69) is 9.72 Å². The molecule has 1 aromatic heterocycles. The van der Waals surface area contributed by atoms with Crippen LogP contribution in [0.3, 0.4) is 0 Å². The topological polar surface area (TPSA) is 65.2 Å². The van der Waals surface area contributed by atoms with Crippen molar-refractivity contribution in [2.24, 2.45) is 0 Å². The monoisotopic (exact) mass is 236 g/mol. The molecule has 1 aromatic carbocycles. The number of benzene rings is 1. The molecule has 1 heterocycles. The molecule has 82 valence electrons. The summed E-state index contributed by atoms with van der Waals surface area (Å²) in [6.07, 6.45) is 0. The molecule has 0 atom stereocenters. The number of fused-ring (bicyclic) bond motifs is 1. The summed E-state index contributed by atoms with van der Waals surface area (Å²) in [6, 6.07) is 6.59. The molecular formula is C11H9ClN2O2. The van der Waals surface area contributed by atoms with Gasteiger partial charge < -0.3 is 10.5 Å². The van der Waals surface area contributed by atoms with Crippen molar-refractivity contribution in [3.8, 4) is 0 Å². The molecule has 0 aliphatic carbocycles. The van der Waals surface area contributed by atoms with Crippen LogP contribution in [0.5, 0.6) is 0 Å². The highest BCUT2D eigenvalue weighted by Gasteiger charge is 2.11. The number of hydrogen-bond acceptors (Lipinski definition) is 4. The smallest absolute Gasteiger partial charge is 0.356 e. The van der Waals surface area contributed by atoms with Gasteiger partial charge in [-0.3, -0.25) is 0 Å². The Morgan fingerprint density at radius 1 is 1.44 bits per heavy atom. The third-order valence-corrected chi connectivity index (χ3v) is 2.49. The number of anilines is 1. The molecule has 2 rings (SSSR count). The molecule has 0 aliphatic heterocycles. The average molecular weight is 237 g/mol.